The lowest BCUT2D eigenvalue weighted by Crippen LogP contribution is -2.50. The number of pyridine rings is 1. The Balaban J connectivity index is 1.66. The Morgan fingerprint density at radius 1 is 0.769 bits per heavy atom. The molecule has 0 aromatic carbocycles. The Morgan fingerprint density at radius 3 is 1.65 bits per heavy atom. The van der Waals surface area contributed by atoms with Crippen LogP contribution in [-0.2, 0) is 4.79 Å². The molecular weight excluding hydrogens is 334 g/mol. The second-order valence-corrected chi connectivity index (χ2v) is 6.80. The second-order valence-electron chi connectivity index (χ2n) is 6.80. The van der Waals surface area contributed by atoms with Crippen LogP contribution < -0.4 is 0 Å². The number of amides is 3. The molecule has 2 fully saturated rings. The molecule has 1 aromatic heterocycles. The molecule has 26 heavy (non-hydrogen) atoms. The number of likely N-dealkylation sites (N-methyl/N-ethyl adjacent to an activating group) is 1. The Labute approximate surface area is 153 Å². The van der Waals surface area contributed by atoms with Crippen molar-refractivity contribution in [1.29, 1.82) is 0 Å². The van der Waals surface area contributed by atoms with Gasteiger partial charge in [0.05, 0.1) is 0 Å². The topological polar surface area (TPSA) is 77.1 Å². The summed E-state index contributed by atoms with van der Waals surface area (Å²) in [6, 6.07) is 5.00. The van der Waals surface area contributed by atoms with Gasteiger partial charge in [0.25, 0.3) is 11.8 Å². The maximum Gasteiger partial charge on any atom is 0.272 e. The quantitative estimate of drug-likeness (QED) is 0.729. The van der Waals surface area contributed by atoms with Crippen LogP contribution in [0.4, 0.5) is 0 Å². The van der Waals surface area contributed by atoms with E-state index >= 15 is 0 Å². The van der Waals surface area contributed by atoms with E-state index in [9.17, 15) is 14.4 Å². The summed E-state index contributed by atoms with van der Waals surface area (Å²) in [6.07, 6.45) is 0. The van der Waals surface area contributed by atoms with Crippen molar-refractivity contribution in [2.24, 2.45) is 0 Å². The average molecular weight is 359 g/mol. The van der Waals surface area contributed by atoms with Crippen LogP contribution in [-0.4, -0.2) is 102 Å². The van der Waals surface area contributed by atoms with Gasteiger partial charge in [-0.3, -0.25) is 14.4 Å². The highest BCUT2D eigenvalue weighted by Crippen LogP contribution is 2.11. The van der Waals surface area contributed by atoms with Crippen LogP contribution in [0.2, 0.25) is 0 Å². The summed E-state index contributed by atoms with van der Waals surface area (Å²) in [4.78, 5) is 48.4. The van der Waals surface area contributed by atoms with Crippen LogP contribution in [0.3, 0.4) is 0 Å². The van der Waals surface area contributed by atoms with Crippen LogP contribution >= 0.6 is 0 Å². The van der Waals surface area contributed by atoms with E-state index in [-0.39, 0.29) is 23.4 Å². The molecule has 0 saturated carbocycles. The summed E-state index contributed by atoms with van der Waals surface area (Å²) < 4.78 is 0. The SMILES string of the molecule is CC(=O)N1CCN(C(=O)c2cccc(C(=O)N3CCN(C)CC3)n2)CC1. The van der Waals surface area contributed by atoms with Gasteiger partial charge in [0.2, 0.25) is 5.91 Å². The number of carbonyl (C=O) groups excluding carboxylic acids is 3. The second kappa shape index (κ2) is 7.82. The van der Waals surface area contributed by atoms with Crippen LogP contribution in [0.25, 0.3) is 0 Å². The summed E-state index contributed by atoms with van der Waals surface area (Å²) in [5.74, 6) is -0.301. The predicted octanol–water partition coefficient (Wildman–Crippen LogP) is -0.226. The summed E-state index contributed by atoms with van der Waals surface area (Å²) in [6.45, 7) is 6.57. The Bertz CT molecular complexity index is 692. The Kier molecular flexibility index (Phi) is 5.51. The van der Waals surface area contributed by atoms with E-state index < -0.39 is 0 Å². The summed E-state index contributed by atoms with van der Waals surface area (Å²) in [7, 11) is 2.03. The highest BCUT2D eigenvalue weighted by atomic mass is 16.2. The van der Waals surface area contributed by atoms with Gasteiger partial charge in [-0.1, -0.05) is 6.07 Å². The molecule has 0 aliphatic carbocycles. The van der Waals surface area contributed by atoms with Gasteiger partial charge in [-0.05, 0) is 19.2 Å². The van der Waals surface area contributed by atoms with Crippen molar-refractivity contribution in [1.82, 2.24) is 24.6 Å². The third-order valence-corrected chi connectivity index (χ3v) is 4.99. The molecule has 140 valence electrons. The first-order valence-corrected chi connectivity index (χ1v) is 8.95. The van der Waals surface area contributed by atoms with Crippen molar-refractivity contribution < 1.29 is 14.4 Å². The molecule has 3 amide bonds. The van der Waals surface area contributed by atoms with E-state index in [1.165, 1.54) is 6.92 Å². The standard InChI is InChI=1S/C18H25N5O3/c1-14(24)21-10-12-23(13-11-21)18(26)16-5-3-4-15(19-16)17(25)22-8-6-20(2)7-9-22/h3-5H,6-13H2,1-2H3. The van der Waals surface area contributed by atoms with Gasteiger partial charge in [0.15, 0.2) is 0 Å². The maximum atomic E-state index is 12.7. The summed E-state index contributed by atoms with van der Waals surface area (Å²) in [5, 5.41) is 0. The molecular formula is C18H25N5O3. The Hall–Kier alpha value is -2.48. The minimum Gasteiger partial charge on any atom is -0.339 e. The highest BCUT2D eigenvalue weighted by Gasteiger charge is 2.26. The van der Waals surface area contributed by atoms with E-state index in [4.69, 9.17) is 0 Å². The number of carbonyl (C=O) groups is 3. The molecule has 0 radical (unpaired) electrons. The molecule has 0 atom stereocenters. The van der Waals surface area contributed by atoms with Crippen molar-refractivity contribution >= 4 is 17.7 Å². The molecule has 1 aromatic rings. The van der Waals surface area contributed by atoms with Crippen molar-refractivity contribution in [3.8, 4) is 0 Å². The number of aromatic nitrogens is 1. The molecule has 3 heterocycles. The molecule has 0 N–H and O–H groups in total. The van der Waals surface area contributed by atoms with E-state index in [1.54, 1.807) is 32.9 Å². The van der Waals surface area contributed by atoms with Crippen LogP contribution in [0.15, 0.2) is 18.2 Å². The molecule has 0 spiro atoms. The fourth-order valence-electron chi connectivity index (χ4n) is 3.23. The van der Waals surface area contributed by atoms with Crippen molar-refractivity contribution in [2.75, 3.05) is 59.4 Å². The average Bonchev–Trinajstić information content (AvgIpc) is 2.67. The normalized spacial score (nSPS) is 18.8. The van der Waals surface area contributed by atoms with Crippen molar-refractivity contribution in [3.05, 3.63) is 29.6 Å². The van der Waals surface area contributed by atoms with Gasteiger partial charge >= 0.3 is 0 Å². The number of hydrogen-bond donors (Lipinski definition) is 0. The van der Waals surface area contributed by atoms with Crippen molar-refractivity contribution in [2.45, 2.75) is 6.92 Å². The minimum atomic E-state index is -0.193. The lowest BCUT2D eigenvalue weighted by atomic mass is 10.2. The zero-order valence-electron chi connectivity index (χ0n) is 15.3. The molecule has 2 aliphatic heterocycles. The van der Waals surface area contributed by atoms with E-state index in [0.29, 0.717) is 45.0 Å². The first kappa shape index (κ1) is 18.3. The molecule has 8 nitrogen and oxygen atoms in total. The van der Waals surface area contributed by atoms with Crippen molar-refractivity contribution in [3.63, 3.8) is 0 Å². The lowest BCUT2D eigenvalue weighted by molar-refractivity contribution is -0.130. The van der Waals surface area contributed by atoms with Gasteiger partial charge in [0, 0.05) is 59.3 Å². The predicted molar refractivity (Wildman–Crippen MR) is 95.8 cm³/mol. The number of rotatable bonds is 2. The fourth-order valence-corrected chi connectivity index (χ4v) is 3.23. The summed E-state index contributed by atoms with van der Waals surface area (Å²) in [5.41, 5.74) is 0.587. The Morgan fingerprint density at radius 2 is 1.19 bits per heavy atom. The number of nitrogens with zero attached hydrogens (tertiary/aromatic N) is 5. The molecule has 2 aliphatic rings. The molecule has 3 rings (SSSR count). The third kappa shape index (κ3) is 4.01. The minimum absolute atomic E-state index is 0.0231. The monoisotopic (exact) mass is 359 g/mol. The highest BCUT2D eigenvalue weighted by molar-refractivity contribution is 5.96. The van der Waals surface area contributed by atoms with Crippen LogP contribution in [0.1, 0.15) is 27.9 Å². The fraction of sp³-hybridized carbons (Fsp3) is 0.556. The largest absolute Gasteiger partial charge is 0.339 e. The first-order valence-electron chi connectivity index (χ1n) is 8.95. The molecule has 2 saturated heterocycles. The zero-order valence-corrected chi connectivity index (χ0v) is 15.3. The maximum absolute atomic E-state index is 12.7. The first-order chi connectivity index (χ1) is 12.5. The summed E-state index contributed by atoms with van der Waals surface area (Å²) >= 11 is 0. The van der Waals surface area contributed by atoms with E-state index in [0.717, 1.165) is 13.1 Å². The van der Waals surface area contributed by atoms with Gasteiger partial charge in [-0.2, -0.15) is 0 Å². The van der Waals surface area contributed by atoms with Crippen LogP contribution in [0.5, 0.6) is 0 Å². The van der Waals surface area contributed by atoms with Gasteiger partial charge in [-0.25, -0.2) is 4.98 Å². The van der Waals surface area contributed by atoms with Gasteiger partial charge in [0.1, 0.15) is 11.4 Å². The number of hydrogen-bond acceptors (Lipinski definition) is 5. The van der Waals surface area contributed by atoms with Gasteiger partial charge in [-0.15, -0.1) is 0 Å². The molecule has 0 bridgehead atoms. The smallest absolute Gasteiger partial charge is 0.272 e. The third-order valence-electron chi connectivity index (χ3n) is 4.99. The van der Waals surface area contributed by atoms with Crippen LogP contribution in [0, 0.1) is 0 Å². The van der Waals surface area contributed by atoms with E-state index in [1.807, 2.05) is 7.05 Å². The van der Waals surface area contributed by atoms with E-state index in [2.05, 4.69) is 9.88 Å². The zero-order chi connectivity index (χ0) is 18.7. The lowest BCUT2D eigenvalue weighted by Gasteiger charge is -2.34. The number of piperazine rings is 2. The van der Waals surface area contributed by atoms with Gasteiger partial charge < -0.3 is 19.6 Å². The molecule has 8 heteroatoms. The molecule has 0 unspecified atom stereocenters.